The van der Waals surface area contributed by atoms with Crippen molar-refractivity contribution in [2.45, 2.75) is 127 Å². The van der Waals surface area contributed by atoms with Gasteiger partial charge in [-0.2, -0.15) is 18.4 Å². The Morgan fingerprint density at radius 2 is 1.00 bits per heavy atom. The van der Waals surface area contributed by atoms with Crippen LogP contribution in [0.5, 0.6) is 0 Å². The van der Waals surface area contributed by atoms with Crippen LogP contribution in [0.4, 0.5) is 17.6 Å². The number of nitrogens with zero attached hydrogens (tertiary/aromatic N) is 1. The van der Waals surface area contributed by atoms with E-state index in [1.807, 2.05) is 60.7 Å². The summed E-state index contributed by atoms with van der Waals surface area (Å²) >= 11 is 0. The van der Waals surface area contributed by atoms with Gasteiger partial charge in [-0.1, -0.05) is 174 Å². The van der Waals surface area contributed by atoms with Crippen molar-refractivity contribution < 1.29 is 31.8 Å². The van der Waals surface area contributed by atoms with Crippen LogP contribution < -0.4 is 0 Å². The fourth-order valence-corrected chi connectivity index (χ4v) is 7.19. The summed E-state index contributed by atoms with van der Waals surface area (Å²) in [6.45, 7) is 1.20. The van der Waals surface area contributed by atoms with Gasteiger partial charge in [0.2, 0.25) is 0 Å². The van der Waals surface area contributed by atoms with E-state index in [0.717, 1.165) is 55.2 Å². The number of ether oxygens (including phenoxy) is 3. The van der Waals surface area contributed by atoms with Gasteiger partial charge in [0.25, 0.3) is 0 Å². The molecule has 302 valence electrons. The molecule has 0 saturated heterocycles. The highest BCUT2D eigenvalue weighted by molar-refractivity contribution is 5.47. The first kappa shape index (κ1) is 44.7. The normalized spacial score (nSPS) is 12.4. The van der Waals surface area contributed by atoms with Crippen LogP contribution in [0.3, 0.4) is 0 Å². The van der Waals surface area contributed by atoms with Crippen molar-refractivity contribution in [3.8, 4) is 6.07 Å². The van der Waals surface area contributed by atoms with Crippen molar-refractivity contribution in [3.05, 3.63) is 143 Å². The minimum Gasteiger partial charge on any atom is -0.379 e. The highest BCUT2D eigenvalue weighted by atomic mass is 19.4. The summed E-state index contributed by atoms with van der Waals surface area (Å²) in [5.41, 5.74) is 2.83. The largest absolute Gasteiger partial charge is 0.389 e. The highest BCUT2D eigenvalue weighted by Gasteiger charge is 2.38. The van der Waals surface area contributed by atoms with Gasteiger partial charge < -0.3 is 14.2 Å². The van der Waals surface area contributed by atoms with E-state index in [-0.39, 0.29) is 25.2 Å². The van der Waals surface area contributed by atoms with Crippen LogP contribution >= 0.6 is 0 Å². The van der Waals surface area contributed by atoms with Crippen molar-refractivity contribution in [1.82, 2.24) is 0 Å². The van der Waals surface area contributed by atoms with Crippen molar-refractivity contribution >= 4 is 0 Å². The average Bonchev–Trinajstić information content (AvgIpc) is 3.21. The highest BCUT2D eigenvalue weighted by Crippen LogP contribution is 2.40. The third-order valence-corrected chi connectivity index (χ3v) is 10.2. The van der Waals surface area contributed by atoms with E-state index in [9.17, 15) is 22.8 Å². The summed E-state index contributed by atoms with van der Waals surface area (Å²) in [6.07, 6.45) is 10.6. The summed E-state index contributed by atoms with van der Waals surface area (Å²) < 4.78 is 70.5. The zero-order chi connectivity index (χ0) is 39.7. The van der Waals surface area contributed by atoms with Gasteiger partial charge in [-0.3, -0.25) is 0 Å². The molecule has 8 heteroatoms. The molecule has 0 aromatic heterocycles. The maximum atomic E-state index is 14.3. The number of alkyl halides is 3. The van der Waals surface area contributed by atoms with Crippen molar-refractivity contribution in [2.24, 2.45) is 0 Å². The molecule has 0 saturated carbocycles. The molecule has 0 aliphatic carbocycles. The van der Waals surface area contributed by atoms with E-state index in [2.05, 4.69) is 36.4 Å². The standard InChI is InChI=1S/C48H59F4NO3/c49-45-34-40(36-53)33-41(35-45)37-55-46(38-54-32-24-13-11-9-7-5-3-1-2-4-6-8-10-12-23-31-47(50,51)52)39-56-48(42-25-17-14-18-26-42,43-27-19-15-20-28-43)44-29-21-16-22-30-44/h14-22,25-30,33-35,46H,1-13,23-24,31-32,37-39H2/t46-/m1/s1. The zero-order valence-corrected chi connectivity index (χ0v) is 32.8. The van der Waals surface area contributed by atoms with Crippen LogP contribution in [0.25, 0.3) is 0 Å². The smallest absolute Gasteiger partial charge is 0.379 e. The lowest BCUT2D eigenvalue weighted by atomic mass is 9.80. The first-order chi connectivity index (χ1) is 27.3. The fourth-order valence-electron chi connectivity index (χ4n) is 7.19. The van der Waals surface area contributed by atoms with E-state index in [4.69, 9.17) is 14.2 Å². The fraction of sp³-hybridized carbons (Fsp3) is 0.479. The molecule has 0 radical (unpaired) electrons. The second-order valence-electron chi connectivity index (χ2n) is 14.7. The van der Waals surface area contributed by atoms with Gasteiger partial charge in [-0.05, 0) is 53.3 Å². The Bertz CT molecular complexity index is 1560. The quantitative estimate of drug-likeness (QED) is 0.0328. The summed E-state index contributed by atoms with van der Waals surface area (Å²) in [7, 11) is 0. The second-order valence-corrected chi connectivity index (χ2v) is 14.7. The summed E-state index contributed by atoms with van der Waals surface area (Å²) in [5.74, 6) is -0.477. The Morgan fingerprint density at radius 1 is 0.554 bits per heavy atom. The predicted molar refractivity (Wildman–Crippen MR) is 216 cm³/mol. The van der Waals surface area contributed by atoms with Gasteiger partial charge in [0, 0.05) is 13.0 Å². The number of halogens is 4. The molecule has 56 heavy (non-hydrogen) atoms. The van der Waals surface area contributed by atoms with Crippen LogP contribution in [0, 0.1) is 17.1 Å². The molecular formula is C48H59F4NO3. The van der Waals surface area contributed by atoms with E-state index in [1.165, 1.54) is 57.1 Å². The van der Waals surface area contributed by atoms with Crippen LogP contribution in [0.15, 0.2) is 109 Å². The van der Waals surface area contributed by atoms with Gasteiger partial charge in [0.05, 0.1) is 31.5 Å². The molecule has 0 aliphatic rings. The minimum atomic E-state index is -4.02. The molecule has 0 heterocycles. The molecule has 0 aliphatic heterocycles. The van der Waals surface area contributed by atoms with Crippen LogP contribution in [-0.4, -0.2) is 32.1 Å². The number of benzene rings is 4. The number of hydrogen-bond acceptors (Lipinski definition) is 4. The molecule has 0 N–H and O–H groups in total. The Hall–Kier alpha value is -4.03. The van der Waals surface area contributed by atoms with Gasteiger partial charge in [0.15, 0.2) is 0 Å². The SMILES string of the molecule is N#Cc1cc(F)cc(CO[C@H](COCCCCCCCCCCCCCCCCCC(F)(F)F)COC(c2ccccc2)(c2ccccc2)c2ccccc2)c1. The van der Waals surface area contributed by atoms with Crippen molar-refractivity contribution in [2.75, 3.05) is 19.8 Å². The molecule has 0 spiro atoms. The average molecular weight is 774 g/mol. The number of rotatable bonds is 28. The van der Waals surface area contributed by atoms with Crippen molar-refractivity contribution in [1.29, 1.82) is 5.26 Å². The lowest BCUT2D eigenvalue weighted by Crippen LogP contribution is -2.37. The maximum absolute atomic E-state index is 14.3. The molecule has 0 unspecified atom stereocenters. The third-order valence-electron chi connectivity index (χ3n) is 10.2. The molecule has 4 nitrogen and oxygen atoms in total. The van der Waals surface area contributed by atoms with Gasteiger partial charge >= 0.3 is 6.18 Å². The molecule has 0 amide bonds. The van der Waals surface area contributed by atoms with Crippen molar-refractivity contribution in [3.63, 3.8) is 0 Å². The molecular weight excluding hydrogens is 715 g/mol. The van der Waals surface area contributed by atoms with Crippen LogP contribution in [0.2, 0.25) is 0 Å². The molecule has 0 bridgehead atoms. The summed E-state index contributed by atoms with van der Waals surface area (Å²) in [4.78, 5) is 0. The summed E-state index contributed by atoms with van der Waals surface area (Å²) in [6, 6.07) is 36.7. The van der Waals surface area contributed by atoms with Gasteiger partial charge in [-0.25, -0.2) is 4.39 Å². The Balaban J connectivity index is 1.23. The van der Waals surface area contributed by atoms with E-state index >= 15 is 0 Å². The first-order valence-corrected chi connectivity index (χ1v) is 20.6. The van der Waals surface area contributed by atoms with E-state index in [0.29, 0.717) is 25.2 Å². The Labute approximate surface area is 332 Å². The molecule has 0 fully saturated rings. The molecule has 4 rings (SSSR count). The topological polar surface area (TPSA) is 51.5 Å². The van der Waals surface area contributed by atoms with Gasteiger partial charge in [0.1, 0.15) is 17.5 Å². The number of nitriles is 1. The molecule has 1 atom stereocenters. The van der Waals surface area contributed by atoms with Crippen LogP contribution in [0.1, 0.15) is 131 Å². The van der Waals surface area contributed by atoms with E-state index in [1.54, 1.807) is 6.07 Å². The number of hydrogen-bond donors (Lipinski definition) is 0. The predicted octanol–water partition coefficient (Wildman–Crippen LogP) is 13.4. The minimum absolute atomic E-state index is 0.104. The third kappa shape index (κ3) is 16.2. The Kier molecular flexibility index (Phi) is 20.2. The maximum Gasteiger partial charge on any atom is 0.389 e. The van der Waals surface area contributed by atoms with Crippen LogP contribution in [-0.2, 0) is 26.4 Å². The first-order valence-electron chi connectivity index (χ1n) is 20.6. The zero-order valence-electron chi connectivity index (χ0n) is 32.8. The monoisotopic (exact) mass is 773 g/mol. The second kappa shape index (κ2) is 25.3. The van der Waals surface area contributed by atoms with Gasteiger partial charge in [-0.15, -0.1) is 0 Å². The molecule has 4 aromatic carbocycles. The number of unbranched alkanes of at least 4 members (excludes halogenated alkanes) is 14. The molecule has 4 aromatic rings. The lowest BCUT2D eigenvalue weighted by Gasteiger charge is -2.37. The van der Waals surface area contributed by atoms with E-state index < -0.39 is 30.1 Å². The summed E-state index contributed by atoms with van der Waals surface area (Å²) in [5, 5.41) is 9.38. The lowest BCUT2D eigenvalue weighted by molar-refractivity contribution is -0.135. The Morgan fingerprint density at radius 3 is 1.45 bits per heavy atom.